The van der Waals surface area contributed by atoms with Crippen molar-refractivity contribution in [1.82, 2.24) is 15.1 Å². The fourth-order valence-electron chi connectivity index (χ4n) is 1.93. The van der Waals surface area contributed by atoms with E-state index >= 15 is 0 Å². The Labute approximate surface area is 120 Å². The van der Waals surface area contributed by atoms with E-state index in [2.05, 4.69) is 26.3 Å². The summed E-state index contributed by atoms with van der Waals surface area (Å²) in [4.78, 5) is 12.1. The van der Waals surface area contributed by atoms with Crippen molar-refractivity contribution < 1.29 is 4.79 Å². The van der Waals surface area contributed by atoms with Crippen LogP contribution in [0.2, 0.25) is 0 Å². The molecule has 1 aromatic heterocycles. The Kier molecular flexibility index (Phi) is 4.04. The van der Waals surface area contributed by atoms with E-state index in [1.807, 2.05) is 38.1 Å². The SMILES string of the molecule is Cc1cc(C(=O)N[C@@H](C)c2ccc(Br)cc2)n(C)n1. The van der Waals surface area contributed by atoms with Crippen molar-refractivity contribution in [1.29, 1.82) is 0 Å². The number of nitrogens with zero attached hydrogens (tertiary/aromatic N) is 2. The van der Waals surface area contributed by atoms with Crippen LogP contribution in [0.15, 0.2) is 34.8 Å². The quantitative estimate of drug-likeness (QED) is 0.944. The van der Waals surface area contributed by atoms with Crippen molar-refractivity contribution in [2.45, 2.75) is 19.9 Å². The minimum atomic E-state index is -0.112. The first-order valence-electron chi connectivity index (χ1n) is 6.04. The third-order valence-electron chi connectivity index (χ3n) is 2.95. The van der Waals surface area contributed by atoms with Gasteiger partial charge < -0.3 is 5.32 Å². The molecule has 1 amide bonds. The molecule has 0 saturated carbocycles. The molecule has 0 radical (unpaired) electrons. The van der Waals surface area contributed by atoms with Gasteiger partial charge in [0.15, 0.2) is 0 Å². The molecule has 0 aliphatic heterocycles. The van der Waals surface area contributed by atoms with E-state index in [1.165, 1.54) is 0 Å². The molecular weight excluding hydrogens is 306 g/mol. The topological polar surface area (TPSA) is 46.9 Å². The highest BCUT2D eigenvalue weighted by molar-refractivity contribution is 9.10. The van der Waals surface area contributed by atoms with E-state index in [-0.39, 0.29) is 11.9 Å². The molecule has 1 aromatic carbocycles. The largest absolute Gasteiger partial charge is 0.344 e. The fourth-order valence-corrected chi connectivity index (χ4v) is 2.19. The number of benzene rings is 1. The van der Waals surface area contributed by atoms with E-state index < -0.39 is 0 Å². The van der Waals surface area contributed by atoms with E-state index in [0.717, 1.165) is 15.7 Å². The number of carbonyl (C=O) groups excluding carboxylic acids is 1. The molecule has 1 atom stereocenters. The predicted octanol–water partition coefficient (Wildman–Crippen LogP) is 2.98. The summed E-state index contributed by atoms with van der Waals surface area (Å²) in [6.07, 6.45) is 0. The van der Waals surface area contributed by atoms with Crippen LogP contribution in [0.3, 0.4) is 0 Å². The van der Waals surface area contributed by atoms with Gasteiger partial charge in [-0.3, -0.25) is 9.48 Å². The van der Waals surface area contributed by atoms with Gasteiger partial charge in [-0.15, -0.1) is 0 Å². The number of hydrogen-bond acceptors (Lipinski definition) is 2. The second kappa shape index (κ2) is 5.57. The molecule has 1 heterocycles. The first-order valence-corrected chi connectivity index (χ1v) is 6.83. The van der Waals surface area contributed by atoms with Gasteiger partial charge in [-0.2, -0.15) is 5.10 Å². The zero-order valence-corrected chi connectivity index (χ0v) is 12.7. The molecule has 0 aliphatic rings. The van der Waals surface area contributed by atoms with Crippen molar-refractivity contribution >= 4 is 21.8 Å². The van der Waals surface area contributed by atoms with Crippen LogP contribution >= 0.6 is 15.9 Å². The van der Waals surface area contributed by atoms with E-state index in [0.29, 0.717) is 5.69 Å². The molecule has 0 fully saturated rings. The maximum atomic E-state index is 12.1. The molecule has 0 spiro atoms. The normalized spacial score (nSPS) is 12.2. The van der Waals surface area contributed by atoms with Crippen molar-refractivity contribution in [3.8, 4) is 0 Å². The van der Waals surface area contributed by atoms with Gasteiger partial charge in [-0.05, 0) is 37.6 Å². The summed E-state index contributed by atoms with van der Waals surface area (Å²) in [7, 11) is 1.77. The number of aryl methyl sites for hydroxylation is 2. The van der Waals surface area contributed by atoms with Gasteiger partial charge in [0, 0.05) is 11.5 Å². The summed E-state index contributed by atoms with van der Waals surface area (Å²) < 4.78 is 2.62. The van der Waals surface area contributed by atoms with Gasteiger partial charge >= 0.3 is 0 Å². The average Bonchev–Trinajstić information content (AvgIpc) is 2.69. The van der Waals surface area contributed by atoms with Gasteiger partial charge in [-0.25, -0.2) is 0 Å². The highest BCUT2D eigenvalue weighted by Crippen LogP contribution is 2.17. The lowest BCUT2D eigenvalue weighted by atomic mass is 10.1. The van der Waals surface area contributed by atoms with Crippen LogP contribution in [-0.2, 0) is 7.05 Å². The molecule has 4 nitrogen and oxygen atoms in total. The van der Waals surface area contributed by atoms with Crippen molar-refractivity contribution in [2.24, 2.45) is 7.05 Å². The minimum absolute atomic E-state index is 0.0455. The lowest BCUT2D eigenvalue weighted by Crippen LogP contribution is -2.28. The zero-order valence-electron chi connectivity index (χ0n) is 11.1. The lowest BCUT2D eigenvalue weighted by Gasteiger charge is -2.14. The number of halogens is 1. The summed E-state index contributed by atoms with van der Waals surface area (Å²) in [5, 5.41) is 7.14. The fraction of sp³-hybridized carbons (Fsp3) is 0.286. The smallest absolute Gasteiger partial charge is 0.270 e. The molecular formula is C14H16BrN3O. The van der Waals surface area contributed by atoms with E-state index in [1.54, 1.807) is 17.8 Å². The van der Waals surface area contributed by atoms with Gasteiger partial charge in [0.2, 0.25) is 0 Å². The van der Waals surface area contributed by atoms with Crippen molar-refractivity contribution in [3.05, 3.63) is 51.8 Å². The Hall–Kier alpha value is -1.62. The molecule has 2 rings (SSSR count). The molecule has 0 saturated heterocycles. The molecule has 5 heteroatoms. The number of carbonyl (C=O) groups is 1. The molecule has 0 aliphatic carbocycles. The maximum Gasteiger partial charge on any atom is 0.270 e. The second-order valence-electron chi connectivity index (χ2n) is 4.54. The molecule has 1 N–H and O–H groups in total. The Bertz CT molecular complexity index is 589. The van der Waals surface area contributed by atoms with Gasteiger partial charge in [0.25, 0.3) is 5.91 Å². The first-order chi connectivity index (χ1) is 8.97. The van der Waals surface area contributed by atoms with Crippen LogP contribution in [0.25, 0.3) is 0 Å². The Morgan fingerprint density at radius 3 is 2.53 bits per heavy atom. The van der Waals surface area contributed by atoms with Crippen LogP contribution in [0, 0.1) is 6.92 Å². The number of rotatable bonds is 3. The summed E-state index contributed by atoms with van der Waals surface area (Å²) in [6.45, 7) is 3.83. The summed E-state index contributed by atoms with van der Waals surface area (Å²) in [5.74, 6) is -0.112. The highest BCUT2D eigenvalue weighted by atomic mass is 79.9. The minimum Gasteiger partial charge on any atom is -0.344 e. The first kappa shape index (κ1) is 13.8. The van der Waals surface area contributed by atoms with Gasteiger partial charge in [0.1, 0.15) is 5.69 Å². The summed E-state index contributed by atoms with van der Waals surface area (Å²) >= 11 is 3.40. The van der Waals surface area contributed by atoms with E-state index in [4.69, 9.17) is 0 Å². The van der Waals surface area contributed by atoms with Crippen LogP contribution < -0.4 is 5.32 Å². The van der Waals surface area contributed by atoms with Crippen LogP contribution in [0.1, 0.15) is 34.7 Å². The second-order valence-corrected chi connectivity index (χ2v) is 5.46. The summed E-state index contributed by atoms with van der Waals surface area (Å²) in [6, 6.07) is 9.64. The molecule has 0 bridgehead atoms. The molecule has 100 valence electrons. The van der Waals surface area contributed by atoms with Crippen LogP contribution in [0.4, 0.5) is 0 Å². The molecule has 2 aromatic rings. The third kappa shape index (κ3) is 3.23. The number of hydrogen-bond donors (Lipinski definition) is 1. The van der Waals surface area contributed by atoms with Crippen LogP contribution in [0.5, 0.6) is 0 Å². The monoisotopic (exact) mass is 321 g/mol. The third-order valence-corrected chi connectivity index (χ3v) is 3.48. The zero-order chi connectivity index (χ0) is 14.0. The Morgan fingerprint density at radius 2 is 2.00 bits per heavy atom. The number of nitrogens with one attached hydrogen (secondary N) is 1. The summed E-state index contributed by atoms with van der Waals surface area (Å²) in [5.41, 5.74) is 2.47. The number of amides is 1. The maximum absolute atomic E-state index is 12.1. The molecule has 19 heavy (non-hydrogen) atoms. The number of aromatic nitrogens is 2. The van der Waals surface area contributed by atoms with E-state index in [9.17, 15) is 4.79 Å². The van der Waals surface area contributed by atoms with Crippen molar-refractivity contribution in [3.63, 3.8) is 0 Å². The highest BCUT2D eigenvalue weighted by Gasteiger charge is 2.15. The Morgan fingerprint density at radius 1 is 1.37 bits per heavy atom. The standard InChI is InChI=1S/C14H16BrN3O/c1-9-8-13(18(3)17-9)14(19)16-10(2)11-4-6-12(15)7-5-11/h4-8,10H,1-3H3,(H,16,19)/t10-/m0/s1. The molecule has 0 unspecified atom stereocenters. The van der Waals surface area contributed by atoms with Gasteiger partial charge in [-0.1, -0.05) is 28.1 Å². The predicted molar refractivity (Wildman–Crippen MR) is 78.0 cm³/mol. The van der Waals surface area contributed by atoms with Crippen LogP contribution in [-0.4, -0.2) is 15.7 Å². The Balaban J connectivity index is 2.10. The average molecular weight is 322 g/mol. The lowest BCUT2D eigenvalue weighted by molar-refractivity contribution is 0.0930. The van der Waals surface area contributed by atoms with Gasteiger partial charge in [0.05, 0.1) is 11.7 Å². The van der Waals surface area contributed by atoms with Crippen molar-refractivity contribution in [2.75, 3.05) is 0 Å².